The molecule has 0 N–H and O–H groups in total. The fourth-order valence-corrected chi connectivity index (χ4v) is 4.64. The molecular weight excluding hydrogens is 462 g/mol. The minimum Gasteiger partial charge on any atom is -0.497 e. The number of nitro benzene ring substituents is 1. The standard InChI is InChI=1S/C22H19N5O4S2/c1-25-14-23-24-22(25)33-20-10-5-15(12-19(20)27(29)30)21(28)26(13-18-4-3-11-32-18)16-6-8-17(31-2)9-7-16/h3-12,14H,13H2,1-2H3. The molecule has 168 valence electrons. The molecule has 0 aliphatic carbocycles. The topological polar surface area (TPSA) is 103 Å². The molecule has 0 aliphatic heterocycles. The van der Waals surface area contributed by atoms with Crippen LogP contribution in [0.15, 0.2) is 76.4 Å². The van der Waals surface area contributed by atoms with Gasteiger partial charge in [0.1, 0.15) is 12.1 Å². The summed E-state index contributed by atoms with van der Waals surface area (Å²) in [5.41, 5.74) is 0.713. The van der Waals surface area contributed by atoms with Gasteiger partial charge in [0.05, 0.1) is 23.5 Å². The second kappa shape index (κ2) is 9.84. The molecule has 11 heteroatoms. The van der Waals surface area contributed by atoms with E-state index in [1.54, 1.807) is 60.0 Å². The van der Waals surface area contributed by atoms with Crippen LogP contribution < -0.4 is 9.64 Å². The molecular formula is C22H19N5O4S2. The normalized spacial score (nSPS) is 10.7. The molecule has 0 saturated carbocycles. The van der Waals surface area contributed by atoms with E-state index in [1.807, 2.05) is 17.5 Å². The molecule has 0 unspecified atom stereocenters. The number of carbonyl (C=O) groups excluding carboxylic acids is 1. The first-order chi connectivity index (χ1) is 16.0. The number of thiophene rings is 1. The van der Waals surface area contributed by atoms with Crippen molar-refractivity contribution in [3.63, 3.8) is 0 Å². The maximum atomic E-state index is 13.5. The molecule has 2 aromatic carbocycles. The number of nitrogens with zero attached hydrogens (tertiary/aromatic N) is 5. The molecule has 0 saturated heterocycles. The molecule has 0 bridgehead atoms. The van der Waals surface area contributed by atoms with Gasteiger partial charge in [0.15, 0.2) is 5.16 Å². The number of aryl methyl sites for hydroxylation is 1. The number of anilines is 1. The van der Waals surface area contributed by atoms with Crippen molar-refractivity contribution in [1.29, 1.82) is 0 Å². The summed E-state index contributed by atoms with van der Waals surface area (Å²) in [7, 11) is 3.33. The Morgan fingerprint density at radius 3 is 2.64 bits per heavy atom. The van der Waals surface area contributed by atoms with E-state index in [-0.39, 0.29) is 17.2 Å². The summed E-state index contributed by atoms with van der Waals surface area (Å²) in [6.07, 6.45) is 1.52. The number of hydrogen-bond donors (Lipinski definition) is 0. The molecule has 0 fully saturated rings. The Bertz CT molecular complexity index is 1270. The fraction of sp³-hybridized carbons (Fsp3) is 0.136. The van der Waals surface area contributed by atoms with Crippen LogP contribution in [0.5, 0.6) is 5.75 Å². The Morgan fingerprint density at radius 2 is 2.03 bits per heavy atom. The number of aromatic nitrogens is 3. The Morgan fingerprint density at radius 1 is 1.24 bits per heavy atom. The van der Waals surface area contributed by atoms with Gasteiger partial charge >= 0.3 is 0 Å². The van der Waals surface area contributed by atoms with E-state index in [0.29, 0.717) is 28.0 Å². The third kappa shape index (κ3) is 5.04. The molecule has 0 aliphatic rings. The summed E-state index contributed by atoms with van der Waals surface area (Å²) >= 11 is 2.65. The van der Waals surface area contributed by atoms with Crippen LogP contribution in [0.4, 0.5) is 11.4 Å². The van der Waals surface area contributed by atoms with Crippen molar-refractivity contribution in [3.8, 4) is 5.75 Å². The van der Waals surface area contributed by atoms with Gasteiger partial charge in [0, 0.05) is 29.2 Å². The molecule has 9 nitrogen and oxygen atoms in total. The second-order valence-corrected chi connectivity index (χ2v) is 8.98. The van der Waals surface area contributed by atoms with Crippen LogP contribution in [0.3, 0.4) is 0 Å². The quantitative estimate of drug-likeness (QED) is 0.263. The summed E-state index contributed by atoms with van der Waals surface area (Å²) in [5.74, 6) is 0.329. The van der Waals surface area contributed by atoms with Crippen LogP contribution in [0, 0.1) is 10.1 Å². The minimum atomic E-state index is -0.494. The Balaban J connectivity index is 1.69. The van der Waals surface area contributed by atoms with Crippen molar-refractivity contribution >= 4 is 40.4 Å². The number of carbonyl (C=O) groups is 1. The van der Waals surface area contributed by atoms with E-state index in [4.69, 9.17) is 4.74 Å². The van der Waals surface area contributed by atoms with E-state index in [9.17, 15) is 14.9 Å². The van der Waals surface area contributed by atoms with E-state index in [2.05, 4.69) is 10.2 Å². The highest BCUT2D eigenvalue weighted by molar-refractivity contribution is 7.99. The Labute approximate surface area is 197 Å². The summed E-state index contributed by atoms with van der Waals surface area (Å²) < 4.78 is 6.88. The predicted octanol–water partition coefficient (Wildman–Crippen LogP) is 4.79. The molecule has 2 heterocycles. The number of benzene rings is 2. The highest BCUT2D eigenvalue weighted by Gasteiger charge is 2.24. The SMILES string of the molecule is COc1ccc(N(Cc2cccs2)C(=O)c2ccc(Sc3nncn3C)c([N+](=O)[O-])c2)cc1. The van der Waals surface area contributed by atoms with E-state index >= 15 is 0 Å². The van der Waals surface area contributed by atoms with Gasteiger partial charge in [-0.25, -0.2) is 0 Å². The number of amides is 1. The lowest BCUT2D eigenvalue weighted by molar-refractivity contribution is -0.387. The largest absolute Gasteiger partial charge is 0.497 e. The van der Waals surface area contributed by atoms with Crippen molar-refractivity contribution < 1.29 is 14.5 Å². The fourth-order valence-electron chi connectivity index (χ4n) is 3.10. The van der Waals surface area contributed by atoms with E-state index < -0.39 is 4.92 Å². The van der Waals surface area contributed by atoms with Gasteiger partial charge in [0.2, 0.25) is 0 Å². The minimum absolute atomic E-state index is 0.167. The first-order valence-electron chi connectivity index (χ1n) is 9.75. The van der Waals surface area contributed by atoms with Crippen molar-refractivity contribution in [3.05, 3.63) is 86.9 Å². The second-order valence-electron chi connectivity index (χ2n) is 6.93. The number of rotatable bonds is 8. The average Bonchev–Trinajstić information content (AvgIpc) is 3.49. The molecule has 0 radical (unpaired) electrons. The molecule has 0 spiro atoms. The number of hydrogen-bond acceptors (Lipinski definition) is 8. The van der Waals surface area contributed by atoms with Crippen molar-refractivity contribution in [2.45, 2.75) is 16.6 Å². The summed E-state index contributed by atoms with van der Waals surface area (Å²) in [4.78, 5) is 27.8. The summed E-state index contributed by atoms with van der Waals surface area (Å²) in [6.45, 7) is 0.339. The van der Waals surface area contributed by atoms with Crippen LogP contribution in [0.2, 0.25) is 0 Å². The van der Waals surface area contributed by atoms with Crippen LogP contribution in [-0.2, 0) is 13.6 Å². The lowest BCUT2D eigenvalue weighted by atomic mass is 10.1. The van der Waals surface area contributed by atoms with Gasteiger partial charge in [0.25, 0.3) is 11.6 Å². The highest BCUT2D eigenvalue weighted by Crippen LogP contribution is 2.35. The van der Waals surface area contributed by atoms with Gasteiger partial charge in [-0.2, -0.15) is 0 Å². The smallest absolute Gasteiger partial charge is 0.284 e. The maximum Gasteiger partial charge on any atom is 0.284 e. The molecule has 0 atom stereocenters. The number of nitro groups is 1. The van der Waals surface area contributed by atoms with Gasteiger partial charge in [-0.3, -0.25) is 14.9 Å². The van der Waals surface area contributed by atoms with Crippen molar-refractivity contribution in [1.82, 2.24) is 14.8 Å². The lowest BCUT2D eigenvalue weighted by Crippen LogP contribution is -2.30. The van der Waals surface area contributed by atoms with Crippen LogP contribution in [0.1, 0.15) is 15.2 Å². The monoisotopic (exact) mass is 481 g/mol. The zero-order chi connectivity index (χ0) is 23.4. The molecule has 33 heavy (non-hydrogen) atoms. The third-order valence-electron chi connectivity index (χ3n) is 4.80. The third-order valence-corrected chi connectivity index (χ3v) is 6.78. The molecule has 4 aromatic rings. The Hall–Kier alpha value is -3.70. The van der Waals surface area contributed by atoms with E-state index in [0.717, 1.165) is 16.6 Å². The molecule has 1 amide bonds. The van der Waals surface area contributed by atoms with Gasteiger partial charge < -0.3 is 14.2 Å². The summed E-state index contributed by atoms with van der Waals surface area (Å²) in [5, 5.41) is 22.0. The molecule has 2 aromatic heterocycles. The van der Waals surface area contributed by atoms with E-state index in [1.165, 1.54) is 23.7 Å². The average molecular weight is 482 g/mol. The first-order valence-corrected chi connectivity index (χ1v) is 11.4. The van der Waals surface area contributed by atoms with Crippen LogP contribution in [0.25, 0.3) is 0 Å². The lowest BCUT2D eigenvalue weighted by Gasteiger charge is -2.23. The van der Waals surface area contributed by atoms with Crippen molar-refractivity contribution in [2.75, 3.05) is 12.0 Å². The zero-order valence-corrected chi connectivity index (χ0v) is 19.4. The Kier molecular flexibility index (Phi) is 6.71. The molecule has 4 rings (SSSR count). The zero-order valence-electron chi connectivity index (χ0n) is 17.7. The highest BCUT2D eigenvalue weighted by atomic mass is 32.2. The van der Waals surface area contributed by atoms with Gasteiger partial charge in [-0.1, -0.05) is 6.07 Å². The summed E-state index contributed by atoms with van der Waals surface area (Å²) in [6, 6.07) is 15.5. The van der Waals surface area contributed by atoms with Crippen LogP contribution in [-0.4, -0.2) is 32.7 Å². The van der Waals surface area contributed by atoms with Gasteiger partial charge in [-0.15, -0.1) is 21.5 Å². The number of ether oxygens (including phenoxy) is 1. The number of methoxy groups -OCH3 is 1. The van der Waals surface area contributed by atoms with Gasteiger partial charge in [-0.05, 0) is 59.6 Å². The first kappa shape index (κ1) is 22.5. The predicted molar refractivity (Wildman–Crippen MR) is 126 cm³/mol. The van der Waals surface area contributed by atoms with Crippen LogP contribution >= 0.6 is 23.1 Å². The van der Waals surface area contributed by atoms with Crippen molar-refractivity contribution in [2.24, 2.45) is 7.05 Å². The maximum absolute atomic E-state index is 13.5.